The number of ether oxygens (including phenoxy) is 2. The maximum absolute atomic E-state index is 14.4. The maximum Gasteiger partial charge on any atom is 0.252 e. The molecule has 5 rings (SSSR count). The molecule has 43 heavy (non-hydrogen) atoms. The highest BCUT2D eigenvalue weighted by molar-refractivity contribution is 6.01. The van der Waals surface area contributed by atoms with E-state index in [1.165, 1.54) is 0 Å². The minimum Gasteiger partial charge on any atom is -0.494 e. The number of azide groups is 1. The Balaban J connectivity index is 1.57. The number of hydrogen-bond donors (Lipinski definition) is 2. The Kier molecular flexibility index (Phi) is 9.69. The average Bonchev–Trinajstić information content (AvgIpc) is 3.45. The Morgan fingerprint density at radius 3 is 2.33 bits per heavy atom. The lowest BCUT2D eigenvalue weighted by molar-refractivity contribution is -0.129. The summed E-state index contributed by atoms with van der Waals surface area (Å²) in [6, 6.07) is 34.3. The number of amides is 1. The summed E-state index contributed by atoms with van der Waals surface area (Å²) in [6.07, 6.45) is 0.0290. The minimum absolute atomic E-state index is 0.0595. The summed E-state index contributed by atoms with van der Waals surface area (Å²) in [5.41, 5.74) is 11.8. The standard InChI is InChI=1S/C34H33N5O4/c35-39-37-24-29-15-8-7-14-28(29)22-34(33(41)36-23-25-10-3-1-4-11-25)31(26-12-5-2-6-13-26)43-32(38-34)27-16-18-30(19-17-27)42-21-9-20-40/h1-8,10-19,31,40H,9,20-24H2,(H,36,41)/t31-,34-/m1/s1. The summed E-state index contributed by atoms with van der Waals surface area (Å²) in [7, 11) is 0. The molecule has 9 nitrogen and oxygen atoms in total. The van der Waals surface area contributed by atoms with Gasteiger partial charge in [0.2, 0.25) is 5.90 Å². The van der Waals surface area contributed by atoms with Gasteiger partial charge in [-0.15, -0.1) is 0 Å². The van der Waals surface area contributed by atoms with Gasteiger partial charge in [-0.05, 0) is 52.1 Å². The molecule has 4 aromatic rings. The van der Waals surface area contributed by atoms with E-state index in [1.807, 2.05) is 109 Å². The molecular weight excluding hydrogens is 542 g/mol. The molecule has 0 aromatic heterocycles. The number of nitrogens with zero attached hydrogens (tertiary/aromatic N) is 4. The van der Waals surface area contributed by atoms with Crippen molar-refractivity contribution in [2.24, 2.45) is 10.1 Å². The lowest BCUT2D eigenvalue weighted by atomic mass is 9.81. The number of carbonyl (C=O) groups excluding carboxylic acids is 1. The highest BCUT2D eigenvalue weighted by Crippen LogP contribution is 2.43. The molecule has 218 valence electrons. The number of aliphatic hydroxyl groups excluding tert-OH is 1. The molecule has 0 radical (unpaired) electrons. The SMILES string of the molecule is [N-]=[N+]=NCc1ccccc1C[C@@]1(C(=O)NCc2ccccc2)N=C(c2ccc(OCCCO)cc2)O[C@@H]1c1ccccc1. The lowest BCUT2D eigenvalue weighted by Gasteiger charge is -2.31. The van der Waals surface area contributed by atoms with Gasteiger partial charge in [0.15, 0.2) is 11.6 Å². The first-order valence-electron chi connectivity index (χ1n) is 14.2. The maximum atomic E-state index is 14.4. The predicted molar refractivity (Wildman–Crippen MR) is 164 cm³/mol. The molecule has 2 N–H and O–H groups in total. The Morgan fingerprint density at radius 2 is 1.63 bits per heavy atom. The van der Waals surface area contributed by atoms with Crippen molar-refractivity contribution in [2.75, 3.05) is 13.2 Å². The van der Waals surface area contributed by atoms with E-state index in [9.17, 15) is 4.79 Å². The summed E-state index contributed by atoms with van der Waals surface area (Å²) < 4.78 is 12.3. The number of aliphatic hydroxyl groups is 1. The number of carbonyl (C=O) groups is 1. The van der Waals surface area contributed by atoms with Crippen molar-refractivity contribution < 1.29 is 19.4 Å². The van der Waals surface area contributed by atoms with Crippen LogP contribution in [0.15, 0.2) is 119 Å². The quantitative estimate of drug-likeness (QED) is 0.0867. The number of hydrogen-bond acceptors (Lipinski definition) is 6. The fourth-order valence-corrected chi connectivity index (χ4v) is 5.12. The van der Waals surface area contributed by atoms with E-state index >= 15 is 0 Å². The Hall–Kier alpha value is -5.11. The summed E-state index contributed by atoms with van der Waals surface area (Å²) in [6.45, 7) is 0.945. The van der Waals surface area contributed by atoms with Crippen molar-refractivity contribution in [2.45, 2.75) is 37.6 Å². The van der Waals surface area contributed by atoms with E-state index in [0.29, 0.717) is 36.8 Å². The predicted octanol–water partition coefficient (Wildman–Crippen LogP) is 6.07. The van der Waals surface area contributed by atoms with E-state index in [2.05, 4.69) is 15.3 Å². The van der Waals surface area contributed by atoms with Gasteiger partial charge in [-0.2, -0.15) is 0 Å². The number of rotatable bonds is 13. The largest absolute Gasteiger partial charge is 0.494 e. The van der Waals surface area contributed by atoms with Crippen molar-refractivity contribution in [3.05, 3.63) is 147 Å². The lowest BCUT2D eigenvalue weighted by Crippen LogP contribution is -2.49. The van der Waals surface area contributed by atoms with E-state index in [4.69, 9.17) is 25.1 Å². The van der Waals surface area contributed by atoms with Crippen molar-refractivity contribution >= 4 is 11.8 Å². The van der Waals surface area contributed by atoms with Crippen LogP contribution >= 0.6 is 0 Å². The van der Waals surface area contributed by atoms with Gasteiger partial charge < -0.3 is 19.9 Å². The first-order chi connectivity index (χ1) is 21.1. The highest BCUT2D eigenvalue weighted by Gasteiger charge is 2.53. The van der Waals surface area contributed by atoms with Crippen molar-refractivity contribution in [3.63, 3.8) is 0 Å². The van der Waals surface area contributed by atoms with Crippen molar-refractivity contribution in [1.82, 2.24) is 5.32 Å². The average molecular weight is 576 g/mol. The second-order valence-electron chi connectivity index (χ2n) is 10.2. The summed E-state index contributed by atoms with van der Waals surface area (Å²) >= 11 is 0. The fraction of sp³-hybridized carbons (Fsp3) is 0.235. The third kappa shape index (κ3) is 7.04. The molecule has 1 amide bonds. The van der Waals surface area contributed by atoms with Gasteiger partial charge in [0.05, 0.1) is 13.2 Å². The van der Waals surface area contributed by atoms with E-state index in [-0.39, 0.29) is 25.5 Å². The molecule has 4 aromatic carbocycles. The molecule has 0 spiro atoms. The molecule has 0 saturated carbocycles. The molecule has 1 aliphatic rings. The van der Waals surface area contributed by atoms with Crippen LogP contribution < -0.4 is 10.1 Å². The van der Waals surface area contributed by atoms with Crippen LogP contribution in [0.1, 0.15) is 40.3 Å². The second-order valence-corrected chi connectivity index (χ2v) is 10.2. The second kappa shape index (κ2) is 14.2. The molecule has 0 saturated heterocycles. The van der Waals surface area contributed by atoms with Crippen LogP contribution in [-0.4, -0.2) is 35.7 Å². The Labute approximate surface area is 250 Å². The highest BCUT2D eigenvalue weighted by atomic mass is 16.5. The minimum atomic E-state index is -1.37. The Bertz CT molecular complexity index is 1590. The van der Waals surface area contributed by atoms with E-state index in [0.717, 1.165) is 22.3 Å². The summed E-state index contributed by atoms with van der Waals surface area (Å²) in [4.78, 5) is 22.4. The van der Waals surface area contributed by atoms with Crippen LogP contribution in [0.5, 0.6) is 5.75 Å². The summed E-state index contributed by atoms with van der Waals surface area (Å²) in [5.74, 6) is 0.732. The van der Waals surface area contributed by atoms with Gasteiger partial charge in [0.1, 0.15) is 5.75 Å². The zero-order valence-corrected chi connectivity index (χ0v) is 23.7. The first-order valence-corrected chi connectivity index (χ1v) is 14.2. The molecule has 0 aliphatic carbocycles. The normalized spacial score (nSPS) is 17.3. The molecule has 0 bridgehead atoms. The molecule has 2 atom stereocenters. The van der Waals surface area contributed by atoms with E-state index in [1.54, 1.807) is 0 Å². The van der Waals surface area contributed by atoms with Crippen LogP contribution in [0.2, 0.25) is 0 Å². The van der Waals surface area contributed by atoms with E-state index < -0.39 is 11.6 Å². The van der Waals surface area contributed by atoms with Crippen molar-refractivity contribution in [3.8, 4) is 5.75 Å². The van der Waals surface area contributed by atoms with Crippen LogP contribution in [0.4, 0.5) is 0 Å². The number of benzene rings is 4. The topological polar surface area (TPSA) is 129 Å². The van der Waals surface area contributed by atoms with Crippen LogP contribution in [0.25, 0.3) is 10.4 Å². The Morgan fingerprint density at radius 1 is 0.953 bits per heavy atom. The van der Waals surface area contributed by atoms with Gasteiger partial charge in [-0.3, -0.25) is 4.79 Å². The van der Waals surface area contributed by atoms with Gasteiger partial charge in [-0.1, -0.05) is 90.0 Å². The van der Waals surface area contributed by atoms with Gasteiger partial charge >= 0.3 is 0 Å². The monoisotopic (exact) mass is 575 g/mol. The summed E-state index contributed by atoms with van der Waals surface area (Å²) in [5, 5.41) is 16.0. The third-order valence-electron chi connectivity index (χ3n) is 7.31. The smallest absolute Gasteiger partial charge is 0.252 e. The third-order valence-corrected chi connectivity index (χ3v) is 7.31. The molecule has 1 aliphatic heterocycles. The van der Waals surface area contributed by atoms with Crippen molar-refractivity contribution in [1.29, 1.82) is 0 Å². The number of aliphatic imine (C=N–C) groups is 1. The van der Waals surface area contributed by atoms with Gasteiger partial charge in [-0.25, -0.2) is 4.99 Å². The molecule has 9 heteroatoms. The van der Waals surface area contributed by atoms with Crippen LogP contribution in [0.3, 0.4) is 0 Å². The van der Waals surface area contributed by atoms with Gasteiger partial charge in [0, 0.05) is 36.5 Å². The first kappa shape index (κ1) is 29.4. The molecule has 1 heterocycles. The molecule has 0 fully saturated rings. The molecule has 0 unspecified atom stereocenters. The molecular formula is C34H33N5O4. The van der Waals surface area contributed by atoms with Crippen LogP contribution in [-0.2, 0) is 29.0 Å². The fourth-order valence-electron chi connectivity index (χ4n) is 5.12. The number of nitrogens with one attached hydrogen (secondary N) is 1. The zero-order chi connectivity index (χ0) is 29.9. The van der Waals surface area contributed by atoms with Gasteiger partial charge in [0.25, 0.3) is 5.91 Å². The zero-order valence-electron chi connectivity index (χ0n) is 23.7. The van der Waals surface area contributed by atoms with Crippen LogP contribution in [0, 0.1) is 0 Å².